The van der Waals surface area contributed by atoms with Crippen molar-refractivity contribution in [2.75, 3.05) is 0 Å². The predicted octanol–water partition coefficient (Wildman–Crippen LogP) is 2.06. The second-order valence-corrected chi connectivity index (χ2v) is 3.68. The molecular formula is C11H15NO3. The second-order valence-electron chi connectivity index (χ2n) is 3.68. The van der Waals surface area contributed by atoms with E-state index in [2.05, 4.69) is 4.98 Å². The molecule has 82 valence electrons. The van der Waals surface area contributed by atoms with E-state index in [1.165, 1.54) is 0 Å². The van der Waals surface area contributed by atoms with E-state index in [1.807, 2.05) is 13.8 Å². The number of hydrogen-bond acceptors (Lipinski definition) is 3. The van der Waals surface area contributed by atoms with E-state index in [4.69, 9.17) is 9.84 Å². The van der Waals surface area contributed by atoms with Gasteiger partial charge in [0.1, 0.15) is 5.75 Å². The van der Waals surface area contributed by atoms with Crippen LogP contribution < -0.4 is 4.74 Å². The van der Waals surface area contributed by atoms with E-state index in [9.17, 15) is 4.79 Å². The Morgan fingerprint density at radius 1 is 1.40 bits per heavy atom. The van der Waals surface area contributed by atoms with Crippen molar-refractivity contribution in [3.05, 3.63) is 24.0 Å². The van der Waals surface area contributed by atoms with E-state index in [-0.39, 0.29) is 6.10 Å². The number of nitrogens with zero attached hydrogens (tertiary/aromatic N) is 1. The summed E-state index contributed by atoms with van der Waals surface area (Å²) in [5.74, 6) is -0.817. The maximum absolute atomic E-state index is 10.8. The van der Waals surface area contributed by atoms with Crippen LogP contribution in [0.2, 0.25) is 0 Å². The average Bonchev–Trinajstić information content (AvgIpc) is 2.16. The minimum absolute atomic E-state index is 0.0576. The lowest BCUT2D eigenvalue weighted by molar-refractivity contribution is -0.138. The standard InChI is InChI=1S/C11H15NO3/c1-7(2)15-10-4-9(5-12-6-10)8(3)11(13)14/h4-8H,1-3H3,(H,13,14). The summed E-state index contributed by atoms with van der Waals surface area (Å²) in [7, 11) is 0. The lowest BCUT2D eigenvalue weighted by atomic mass is 10.0. The molecule has 1 rings (SSSR count). The molecule has 1 aromatic heterocycles. The van der Waals surface area contributed by atoms with Crippen LogP contribution >= 0.6 is 0 Å². The maximum atomic E-state index is 10.8. The Bertz CT molecular complexity index is 349. The van der Waals surface area contributed by atoms with Crippen molar-refractivity contribution in [2.45, 2.75) is 32.8 Å². The minimum Gasteiger partial charge on any atom is -0.489 e. The minimum atomic E-state index is -0.863. The molecule has 1 heterocycles. The van der Waals surface area contributed by atoms with Gasteiger partial charge in [0, 0.05) is 6.20 Å². The Balaban J connectivity index is 2.87. The summed E-state index contributed by atoms with van der Waals surface area (Å²) in [4.78, 5) is 14.7. The van der Waals surface area contributed by atoms with Crippen molar-refractivity contribution in [2.24, 2.45) is 0 Å². The summed E-state index contributed by atoms with van der Waals surface area (Å²) in [5.41, 5.74) is 0.653. The number of aromatic nitrogens is 1. The Morgan fingerprint density at radius 2 is 2.07 bits per heavy atom. The van der Waals surface area contributed by atoms with Crippen molar-refractivity contribution in [3.63, 3.8) is 0 Å². The number of carboxylic acid groups (broad SMARTS) is 1. The van der Waals surface area contributed by atoms with Crippen molar-refractivity contribution in [3.8, 4) is 5.75 Å². The monoisotopic (exact) mass is 209 g/mol. The van der Waals surface area contributed by atoms with Gasteiger partial charge in [0.2, 0.25) is 0 Å². The fourth-order valence-electron chi connectivity index (χ4n) is 1.15. The van der Waals surface area contributed by atoms with Gasteiger partial charge >= 0.3 is 5.97 Å². The molecule has 0 fully saturated rings. The SMILES string of the molecule is CC(C)Oc1cncc(C(C)C(=O)O)c1. The highest BCUT2D eigenvalue weighted by Gasteiger charge is 2.14. The molecule has 15 heavy (non-hydrogen) atoms. The normalized spacial score (nSPS) is 12.5. The van der Waals surface area contributed by atoms with Gasteiger partial charge in [-0.05, 0) is 32.4 Å². The summed E-state index contributed by atoms with van der Waals surface area (Å²) >= 11 is 0. The fourth-order valence-corrected chi connectivity index (χ4v) is 1.15. The lowest BCUT2D eigenvalue weighted by Gasteiger charge is -2.11. The number of pyridine rings is 1. The Labute approximate surface area is 88.9 Å². The van der Waals surface area contributed by atoms with Gasteiger partial charge in [-0.1, -0.05) is 0 Å². The Morgan fingerprint density at radius 3 is 2.60 bits per heavy atom. The molecule has 0 saturated carbocycles. The summed E-state index contributed by atoms with van der Waals surface area (Å²) in [5, 5.41) is 8.84. The van der Waals surface area contributed by atoms with Crippen LogP contribution in [-0.2, 0) is 4.79 Å². The number of rotatable bonds is 4. The molecule has 0 saturated heterocycles. The Hall–Kier alpha value is -1.58. The lowest BCUT2D eigenvalue weighted by Crippen LogP contribution is -2.09. The molecule has 0 aromatic carbocycles. The highest BCUT2D eigenvalue weighted by Crippen LogP contribution is 2.20. The molecule has 0 spiro atoms. The molecule has 4 heteroatoms. The van der Waals surface area contributed by atoms with E-state index in [0.717, 1.165) is 0 Å². The van der Waals surface area contributed by atoms with Gasteiger partial charge in [0.05, 0.1) is 18.2 Å². The average molecular weight is 209 g/mol. The molecule has 0 amide bonds. The number of carbonyl (C=O) groups is 1. The molecule has 0 aliphatic carbocycles. The van der Waals surface area contributed by atoms with E-state index in [1.54, 1.807) is 25.4 Å². The summed E-state index contributed by atoms with van der Waals surface area (Å²) < 4.78 is 5.43. The van der Waals surface area contributed by atoms with Crippen LogP contribution in [0.15, 0.2) is 18.5 Å². The largest absolute Gasteiger partial charge is 0.489 e. The van der Waals surface area contributed by atoms with Gasteiger partial charge in [0.15, 0.2) is 0 Å². The second kappa shape index (κ2) is 4.77. The van der Waals surface area contributed by atoms with Crippen LogP contribution in [0.5, 0.6) is 5.75 Å². The van der Waals surface area contributed by atoms with Gasteiger partial charge in [-0.2, -0.15) is 0 Å². The quantitative estimate of drug-likeness (QED) is 0.824. The summed E-state index contributed by atoms with van der Waals surface area (Å²) in [6.07, 6.45) is 3.19. The number of carboxylic acids is 1. The van der Waals surface area contributed by atoms with Crippen molar-refractivity contribution in [1.29, 1.82) is 0 Å². The van der Waals surface area contributed by atoms with Crippen molar-refractivity contribution >= 4 is 5.97 Å². The Kier molecular flexibility index (Phi) is 3.66. The molecule has 0 aliphatic heterocycles. The third-order valence-electron chi connectivity index (χ3n) is 1.98. The van der Waals surface area contributed by atoms with Gasteiger partial charge < -0.3 is 9.84 Å². The molecule has 1 aromatic rings. The number of ether oxygens (including phenoxy) is 1. The molecular weight excluding hydrogens is 194 g/mol. The van der Waals surface area contributed by atoms with Gasteiger partial charge in [0.25, 0.3) is 0 Å². The molecule has 1 atom stereocenters. The first-order valence-electron chi connectivity index (χ1n) is 4.85. The third-order valence-corrected chi connectivity index (χ3v) is 1.98. The van der Waals surface area contributed by atoms with Gasteiger partial charge in [-0.25, -0.2) is 0 Å². The zero-order chi connectivity index (χ0) is 11.4. The van der Waals surface area contributed by atoms with Crippen LogP contribution in [0.1, 0.15) is 32.3 Å². The topological polar surface area (TPSA) is 59.4 Å². The van der Waals surface area contributed by atoms with Crippen LogP contribution in [0.4, 0.5) is 0 Å². The zero-order valence-electron chi connectivity index (χ0n) is 9.10. The molecule has 0 radical (unpaired) electrons. The fraction of sp³-hybridized carbons (Fsp3) is 0.455. The molecule has 0 bridgehead atoms. The third kappa shape index (κ3) is 3.23. The van der Waals surface area contributed by atoms with Crippen LogP contribution in [-0.4, -0.2) is 22.2 Å². The molecule has 4 nitrogen and oxygen atoms in total. The van der Waals surface area contributed by atoms with Crippen LogP contribution in [0.25, 0.3) is 0 Å². The first-order valence-corrected chi connectivity index (χ1v) is 4.85. The van der Waals surface area contributed by atoms with Crippen molar-refractivity contribution in [1.82, 2.24) is 4.98 Å². The molecule has 1 unspecified atom stereocenters. The van der Waals surface area contributed by atoms with Crippen LogP contribution in [0, 0.1) is 0 Å². The van der Waals surface area contributed by atoms with E-state index in [0.29, 0.717) is 11.3 Å². The highest BCUT2D eigenvalue weighted by molar-refractivity contribution is 5.75. The van der Waals surface area contributed by atoms with Crippen LogP contribution in [0.3, 0.4) is 0 Å². The number of aliphatic carboxylic acids is 1. The summed E-state index contributed by atoms with van der Waals surface area (Å²) in [6.45, 7) is 5.44. The van der Waals surface area contributed by atoms with Crippen molar-refractivity contribution < 1.29 is 14.6 Å². The predicted molar refractivity (Wildman–Crippen MR) is 56.1 cm³/mol. The molecule has 1 N–H and O–H groups in total. The maximum Gasteiger partial charge on any atom is 0.310 e. The highest BCUT2D eigenvalue weighted by atomic mass is 16.5. The first-order chi connectivity index (χ1) is 7.00. The zero-order valence-corrected chi connectivity index (χ0v) is 9.10. The molecule has 0 aliphatic rings. The van der Waals surface area contributed by atoms with Gasteiger partial charge in [-0.3, -0.25) is 9.78 Å². The van der Waals surface area contributed by atoms with E-state index >= 15 is 0 Å². The number of hydrogen-bond donors (Lipinski definition) is 1. The first kappa shape index (κ1) is 11.5. The van der Waals surface area contributed by atoms with E-state index < -0.39 is 11.9 Å². The summed E-state index contributed by atoms with van der Waals surface area (Å²) in [6, 6.07) is 1.71. The smallest absolute Gasteiger partial charge is 0.310 e. The van der Waals surface area contributed by atoms with Gasteiger partial charge in [-0.15, -0.1) is 0 Å².